The molecule has 7 nitrogen and oxygen atoms in total. The van der Waals surface area contributed by atoms with Crippen LogP contribution in [-0.2, 0) is 9.53 Å². The van der Waals surface area contributed by atoms with Crippen molar-refractivity contribution in [1.29, 1.82) is 0 Å². The maximum Gasteiger partial charge on any atom is 0.338 e. The summed E-state index contributed by atoms with van der Waals surface area (Å²) in [4.78, 5) is 32.4. The monoisotopic (exact) mass is 616 g/mol. The van der Waals surface area contributed by atoms with E-state index in [1.54, 1.807) is 31.6 Å². The lowest BCUT2D eigenvalue weighted by atomic mass is 9.96. The standard InChI is InChI=1S/C31H25BrN2O5S/c1-5-15-39-24-13-11-19-9-7-8-10-21(19)22(24)17-26-29(35)34-28(20-12-14-25(37-4)23(32)16-20)27(30(36)38-6-2)18(3)33-31(34)40-26/h1,7-14,16-17,28H,6,15H2,2-4H3/b26-17-/t28-/m1/s1. The number of thiazole rings is 1. The lowest BCUT2D eigenvalue weighted by Crippen LogP contribution is -2.40. The molecule has 0 unspecified atom stereocenters. The minimum Gasteiger partial charge on any atom is -0.496 e. The van der Waals surface area contributed by atoms with E-state index in [1.807, 2.05) is 54.6 Å². The minimum absolute atomic E-state index is 0.0921. The van der Waals surface area contributed by atoms with Crippen LogP contribution in [0.5, 0.6) is 11.5 Å². The van der Waals surface area contributed by atoms with Crippen molar-refractivity contribution < 1.29 is 19.0 Å². The topological polar surface area (TPSA) is 79.1 Å². The molecule has 9 heteroatoms. The molecule has 1 aliphatic rings. The number of benzene rings is 3. The summed E-state index contributed by atoms with van der Waals surface area (Å²) < 4.78 is 19.3. The van der Waals surface area contributed by atoms with Crippen molar-refractivity contribution in [2.24, 2.45) is 4.99 Å². The molecule has 40 heavy (non-hydrogen) atoms. The number of rotatable bonds is 7. The number of ether oxygens (including phenoxy) is 3. The number of carbonyl (C=O) groups is 1. The van der Waals surface area contributed by atoms with Gasteiger partial charge in [-0.3, -0.25) is 9.36 Å². The maximum absolute atomic E-state index is 14.1. The molecule has 202 valence electrons. The van der Waals surface area contributed by atoms with Gasteiger partial charge in [-0.2, -0.15) is 0 Å². The summed E-state index contributed by atoms with van der Waals surface area (Å²) in [5, 5.41) is 1.91. The van der Waals surface area contributed by atoms with Crippen LogP contribution in [-0.4, -0.2) is 30.9 Å². The van der Waals surface area contributed by atoms with E-state index in [0.717, 1.165) is 16.3 Å². The Kier molecular flexibility index (Phi) is 7.92. The largest absolute Gasteiger partial charge is 0.496 e. The molecule has 0 radical (unpaired) electrons. The number of allylic oxidation sites excluding steroid dienone is 1. The van der Waals surface area contributed by atoms with E-state index >= 15 is 0 Å². The SMILES string of the molecule is C#CCOc1ccc2ccccc2c1/C=c1\sc2n(c1=O)[C@H](c1ccc(OC)c(Br)c1)C(C(=O)OCC)=C(C)N=2. The van der Waals surface area contributed by atoms with Gasteiger partial charge in [-0.15, -0.1) is 6.42 Å². The fourth-order valence-corrected chi connectivity index (χ4v) is 6.35. The Morgan fingerprint density at radius 2 is 1.98 bits per heavy atom. The molecule has 1 atom stereocenters. The highest BCUT2D eigenvalue weighted by Gasteiger charge is 2.33. The van der Waals surface area contributed by atoms with E-state index in [4.69, 9.17) is 20.6 Å². The molecule has 1 aromatic heterocycles. The third-order valence-electron chi connectivity index (χ3n) is 6.53. The van der Waals surface area contributed by atoms with Gasteiger partial charge in [-0.25, -0.2) is 9.79 Å². The summed E-state index contributed by atoms with van der Waals surface area (Å²) in [5.41, 5.74) is 1.96. The summed E-state index contributed by atoms with van der Waals surface area (Å²) in [6, 6.07) is 16.4. The van der Waals surface area contributed by atoms with Crippen molar-refractivity contribution in [2.45, 2.75) is 19.9 Å². The zero-order valence-corrected chi connectivity index (χ0v) is 24.5. The molecule has 0 amide bonds. The van der Waals surface area contributed by atoms with Gasteiger partial charge in [0.2, 0.25) is 0 Å². The maximum atomic E-state index is 14.1. The molecule has 0 N–H and O–H groups in total. The zero-order valence-electron chi connectivity index (χ0n) is 22.1. The third kappa shape index (κ3) is 4.96. The second kappa shape index (κ2) is 11.5. The molecule has 4 aromatic rings. The first-order valence-electron chi connectivity index (χ1n) is 12.5. The number of aromatic nitrogens is 1. The van der Waals surface area contributed by atoms with Crippen molar-refractivity contribution >= 4 is 50.1 Å². The van der Waals surface area contributed by atoms with E-state index in [1.165, 1.54) is 11.3 Å². The fraction of sp³-hybridized carbons (Fsp3) is 0.194. The van der Waals surface area contributed by atoms with Crippen molar-refractivity contribution in [2.75, 3.05) is 20.3 Å². The minimum atomic E-state index is -0.746. The summed E-state index contributed by atoms with van der Waals surface area (Å²) in [6.45, 7) is 3.78. The number of esters is 1. The molecule has 0 saturated carbocycles. The van der Waals surface area contributed by atoms with E-state index in [-0.39, 0.29) is 18.8 Å². The Balaban J connectivity index is 1.77. The molecule has 0 aliphatic carbocycles. The smallest absolute Gasteiger partial charge is 0.338 e. The highest BCUT2D eigenvalue weighted by molar-refractivity contribution is 9.10. The normalized spacial score (nSPS) is 14.9. The first-order valence-corrected chi connectivity index (χ1v) is 14.1. The number of nitrogens with zero attached hydrogens (tertiary/aromatic N) is 2. The van der Waals surface area contributed by atoms with Crippen LogP contribution >= 0.6 is 27.3 Å². The molecule has 3 aromatic carbocycles. The van der Waals surface area contributed by atoms with Crippen LogP contribution in [0, 0.1) is 12.3 Å². The van der Waals surface area contributed by atoms with Crippen LogP contribution in [0.2, 0.25) is 0 Å². The number of hydrogen-bond donors (Lipinski definition) is 0. The second-order valence-electron chi connectivity index (χ2n) is 8.89. The van der Waals surface area contributed by atoms with E-state index < -0.39 is 12.0 Å². The van der Waals surface area contributed by atoms with Gasteiger partial charge in [0, 0.05) is 5.56 Å². The third-order valence-corrected chi connectivity index (χ3v) is 8.13. The van der Waals surface area contributed by atoms with Crippen molar-refractivity contribution in [3.63, 3.8) is 0 Å². The van der Waals surface area contributed by atoms with Crippen LogP contribution in [0.3, 0.4) is 0 Å². The van der Waals surface area contributed by atoms with Gasteiger partial charge in [0.1, 0.15) is 18.1 Å². The van der Waals surface area contributed by atoms with Gasteiger partial charge in [-0.05, 0) is 70.4 Å². The van der Waals surface area contributed by atoms with Crippen LogP contribution in [0.4, 0.5) is 0 Å². The van der Waals surface area contributed by atoms with Crippen molar-refractivity contribution in [3.05, 3.63) is 101 Å². The van der Waals surface area contributed by atoms with Crippen molar-refractivity contribution in [1.82, 2.24) is 4.57 Å². The predicted molar refractivity (Wildman–Crippen MR) is 159 cm³/mol. The van der Waals surface area contributed by atoms with Crippen LogP contribution < -0.4 is 24.4 Å². The van der Waals surface area contributed by atoms with Crippen LogP contribution in [0.25, 0.3) is 16.8 Å². The molecular weight excluding hydrogens is 592 g/mol. The lowest BCUT2D eigenvalue weighted by molar-refractivity contribution is -0.139. The summed E-state index contributed by atoms with van der Waals surface area (Å²) >= 11 is 4.79. The molecule has 1 aliphatic heterocycles. The average Bonchev–Trinajstić information content (AvgIpc) is 3.25. The second-order valence-corrected chi connectivity index (χ2v) is 10.8. The first kappa shape index (κ1) is 27.4. The van der Waals surface area contributed by atoms with E-state index in [9.17, 15) is 9.59 Å². The number of methoxy groups -OCH3 is 1. The van der Waals surface area contributed by atoms with Crippen molar-refractivity contribution in [3.8, 4) is 23.8 Å². The van der Waals surface area contributed by atoms with Gasteiger partial charge >= 0.3 is 5.97 Å². The zero-order chi connectivity index (χ0) is 28.4. The molecule has 0 saturated heterocycles. The fourth-order valence-electron chi connectivity index (χ4n) is 4.76. The van der Waals surface area contributed by atoms with E-state index in [2.05, 4.69) is 26.8 Å². The Morgan fingerprint density at radius 3 is 2.70 bits per heavy atom. The Labute approximate surface area is 243 Å². The van der Waals surface area contributed by atoms with Gasteiger partial charge in [0.05, 0.1) is 40.0 Å². The van der Waals surface area contributed by atoms with E-state index in [0.29, 0.717) is 42.1 Å². The summed E-state index contributed by atoms with van der Waals surface area (Å²) in [7, 11) is 1.58. The average molecular weight is 618 g/mol. The molecule has 5 rings (SSSR count). The van der Waals surface area contributed by atoms with Gasteiger partial charge in [0.25, 0.3) is 5.56 Å². The highest BCUT2D eigenvalue weighted by Crippen LogP contribution is 2.35. The number of halogens is 1. The predicted octanol–water partition coefficient (Wildman–Crippen LogP) is 4.73. The van der Waals surface area contributed by atoms with Gasteiger partial charge < -0.3 is 14.2 Å². The molecule has 0 spiro atoms. The Bertz CT molecular complexity index is 1900. The van der Waals surface area contributed by atoms with Gasteiger partial charge in [0.15, 0.2) is 4.80 Å². The molecule has 2 heterocycles. The number of fused-ring (bicyclic) bond motifs is 2. The quantitative estimate of drug-likeness (QED) is 0.221. The summed E-state index contributed by atoms with van der Waals surface area (Å²) in [5.74, 6) is 3.18. The summed E-state index contributed by atoms with van der Waals surface area (Å²) in [6.07, 6.45) is 7.26. The van der Waals surface area contributed by atoms with Crippen LogP contribution in [0.15, 0.2) is 80.1 Å². The lowest BCUT2D eigenvalue weighted by Gasteiger charge is -2.25. The molecule has 0 bridgehead atoms. The Morgan fingerprint density at radius 1 is 1.20 bits per heavy atom. The number of hydrogen-bond acceptors (Lipinski definition) is 7. The highest BCUT2D eigenvalue weighted by atomic mass is 79.9. The van der Waals surface area contributed by atoms with Crippen LogP contribution in [0.1, 0.15) is 31.0 Å². The molecular formula is C31H25BrN2O5S. The van der Waals surface area contributed by atoms with Gasteiger partial charge in [-0.1, -0.05) is 53.7 Å². The number of carbonyl (C=O) groups excluding carboxylic acids is 1. The number of terminal acetylenes is 1. The molecule has 0 fully saturated rings. The Hall–Kier alpha value is -4.13. The first-order chi connectivity index (χ1) is 19.4.